The molecule has 0 radical (unpaired) electrons. The smallest absolute Gasteiger partial charge is 0.195 e. The van der Waals surface area contributed by atoms with Gasteiger partial charge in [-0.3, -0.25) is 5.10 Å². The van der Waals surface area contributed by atoms with Crippen LogP contribution in [0.1, 0.15) is 45.0 Å². The van der Waals surface area contributed by atoms with Crippen molar-refractivity contribution >= 4 is 12.2 Å². The Bertz CT molecular complexity index is 362. The van der Waals surface area contributed by atoms with Crippen LogP contribution >= 0.6 is 12.2 Å². The molecule has 0 saturated heterocycles. The number of aromatic amines is 1. The van der Waals surface area contributed by atoms with Gasteiger partial charge in [-0.05, 0) is 31.5 Å². The van der Waals surface area contributed by atoms with Gasteiger partial charge in [0.2, 0.25) is 0 Å². The fourth-order valence-corrected chi connectivity index (χ4v) is 2.31. The van der Waals surface area contributed by atoms with E-state index in [9.17, 15) is 0 Å². The first-order valence-corrected chi connectivity index (χ1v) is 5.79. The molecule has 1 aromatic heterocycles. The monoisotopic (exact) mass is 211 g/mol. The van der Waals surface area contributed by atoms with Crippen molar-refractivity contribution in [1.82, 2.24) is 14.8 Å². The Balaban J connectivity index is 2.19. The van der Waals surface area contributed by atoms with Gasteiger partial charge in [-0.2, -0.15) is 5.10 Å². The van der Waals surface area contributed by atoms with E-state index in [-0.39, 0.29) is 0 Å². The van der Waals surface area contributed by atoms with Gasteiger partial charge >= 0.3 is 0 Å². The molecule has 0 bridgehead atoms. The first-order valence-electron chi connectivity index (χ1n) is 5.38. The average molecular weight is 211 g/mol. The lowest BCUT2D eigenvalue weighted by Crippen LogP contribution is -2.09. The highest BCUT2D eigenvalue weighted by molar-refractivity contribution is 7.71. The van der Waals surface area contributed by atoms with Crippen molar-refractivity contribution < 1.29 is 0 Å². The van der Waals surface area contributed by atoms with Gasteiger partial charge in [0, 0.05) is 12.5 Å². The van der Waals surface area contributed by atoms with Crippen LogP contribution < -0.4 is 0 Å². The Morgan fingerprint density at radius 3 is 2.93 bits per heavy atom. The molecule has 3 nitrogen and oxygen atoms in total. The van der Waals surface area contributed by atoms with Crippen LogP contribution in [0, 0.1) is 10.7 Å². The molecule has 1 aliphatic carbocycles. The normalized spacial score (nSPS) is 18.4. The van der Waals surface area contributed by atoms with Gasteiger partial charge in [0.1, 0.15) is 5.82 Å². The van der Waals surface area contributed by atoms with Gasteiger partial charge in [-0.15, -0.1) is 0 Å². The lowest BCUT2D eigenvalue weighted by Gasteiger charge is -2.14. The molecule has 1 aliphatic rings. The Hall–Kier alpha value is -0.640. The van der Waals surface area contributed by atoms with E-state index in [0.29, 0.717) is 6.04 Å². The van der Waals surface area contributed by atoms with Crippen LogP contribution in [0.4, 0.5) is 0 Å². The maximum Gasteiger partial charge on any atom is 0.195 e. The lowest BCUT2D eigenvalue weighted by molar-refractivity contribution is 0.458. The van der Waals surface area contributed by atoms with Crippen LogP contribution in [0.25, 0.3) is 0 Å². The number of nitrogens with zero attached hydrogens (tertiary/aromatic N) is 2. The molecule has 1 heterocycles. The van der Waals surface area contributed by atoms with Crippen molar-refractivity contribution in [3.63, 3.8) is 0 Å². The van der Waals surface area contributed by atoms with E-state index in [1.807, 2.05) is 0 Å². The zero-order valence-electron chi connectivity index (χ0n) is 8.79. The number of aromatic nitrogens is 3. The predicted molar refractivity (Wildman–Crippen MR) is 58.8 cm³/mol. The molecule has 14 heavy (non-hydrogen) atoms. The fourth-order valence-electron chi connectivity index (χ4n) is 1.98. The summed E-state index contributed by atoms with van der Waals surface area (Å²) in [6, 6.07) is 0.503. The summed E-state index contributed by atoms with van der Waals surface area (Å²) in [5.74, 6) is 2.02. The second-order valence-electron chi connectivity index (χ2n) is 4.20. The van der Waals surface area contributed by atoms with Crippen LogP contribution in [0.3, 0.4) is 0 Å². The number of rotatable bonds is 4. The van der Waals surface area contributed by atoms with Crippen molar-refractivity contribution in [2.45, 2.75) is 45.6 Å². The zero-order valence-corrected chi connectivity index (χ0v) is 9.60. The largest absolute Gasteiger partial charge is 0.301 e. The summed E-state index contributed by atoms with van der Waals surface area (Å²) < 4.78 is 2.95. The van der Waals surface area contributed by atoms with Crippen molar-refractivity contribution in [3.8, 4) is 0 Å². The van der Waals surface area contributed by atoms with Gasteiger partial charge in [0.15, 0.2) is 4.77 Å². The summed E-state index contributed by atoms with van der Waals surface area (Å²) >= 11 is 5.23. The van der Waals surface area contributed by atoms with E-state index in [1.54, 1.807) is 0 Å². The van der Waals surface area contributed by atoms with Crippen LogP contribution in [0.2, 0.25) is 0 Å². The first-order chi connectivity index (χ1) is 6.72. The van der Waals surface area contributed by atoms with E-state index < -0.39 is 0 Å². The molecule has 0 aromatic carbocycles. The van der Waals surface area contributed by atoms with Crippen molar-refractivity contribution in [2.75, 3.05) is 0 Å². The maximum absolute atomic E-state index is 5.23. The van der Waals surface area contributed by atoms with E-state index in [1.165, 1.54) is 19.3 Å². The number of hydrogen-bond acceptors (Lipinski definition) is 2. The summed E-state index contributed by atoms with van der Waals surface area (Å²) in [6.07, 6.45) is 5.00. The van der Waals surface area contributed by atoms with Gasteiger partial charge in [0.25, 0.3) is 0 Å². The quantitative estimate of drug-likeness (QED) is 0.777. The van der Waals surface area contributed by atoms with E-state index in [2.05, 4.69) is 28.6 Å². The highest BCUT2D eigenvalue weighted by Gasteiger charge is 2.25. The third-order valence-corrected chi connectivity index (χ3v) is 3.19. The molecule has 4 heteroatoms. The molecule has 2 rings (SSSR count). The highest BCUT2D eigenvalue weighted by Crippen LogP contribution is 2.36. The highest BCUT2D eigenvalue weighted by atomic mass is 32.1. The van der Waals surface area contributed by atoms with Crippen molar-refractivity contribution in [3.05, 3.63) is 10.6 Å². The summed E-state index contributed by atoms with van der Waals surface area (Å²) in [4.78, 5) is 0. The molecule has 1 unspecified atom stereocenters. The number of aryl methyl sites for hydroxylation is 1. The summed E-state index contributed by atoms with van der Waals surface area (Å²) in [6.45, 7) is 4.36. The fraction of sp³-hybridized carbons (Fsp3) is 0.800. The molecule has 0 spiro atoms. The van der Waals surface area contributed by atoms with Crippen LogP contribution in [0.15, 0.2) is 0 Å². The van der Waals surface area contributed by atoms with Gasteiger partial charge in [0.05, 0.1) is 0 Å². The molecule has 0 aliphatic heterocycles. The summed E-state index contributed by atoms with van der Waals surface area (Å²) in [7, 11) is 0. The molecular weight excluding hydrogens is 194 g/mol. The SMILES string of the molecule is CCc1n[nH]c(=S)n1C(C)CC1CC1. The third-order valence-electron chi connectivity index (χ3n) is 2.91. The average Bonchev–Trinajstić information content (AvgIpc) is 2.87. The maximum atomic E-state index is 5.23. The Morgan fingerprint density at radius 2 is 2.36 bits per heavy atom. The third kappa shape index (κ3) is 1.90. The molecule has 1 atom stereocenters. The Labute approximate surface area is 89.5 Å². The second-order valence-corrected chi connectivity index (χ2v) is 4.58. The van der Waals surface area contributed by atoms with E-state index >= 15 is 0 Å². The minimum absolute atomic E-state index is 0.503. The minimum atomic E-state index is 0.503. The van der Waals surface area contributed by atoms with Crippen LogP contribution in [-0.4, -0.2) is 14.8 Å². The molecular formula is C10H17N3S. The second kappa shape index (κ2) is 3.85. The molecule has 0 amide bonds. The molecule has 78 valence electrons. The van der Waals surface area contributed by atoms with E-state index in [0.717, 1.165) is 22.9 Å². The minimum Gasteiger partial charge on any atom is -0.301 e. The van der Waals surface area contributed by atoms with Gasteiger partial charge in [-0.25, -0.2) is 0 Å². The van der Waals surface area contributed by atoms with Crippen molar-refractivity contribution in [1.29, 1.82) is 0 Å². The van der Waals surface area contributed by atoms with Gasteiger partial charge in [-0.1, -0.05) is 19.8 Å². The topological polar surface area (TPSA) is 33.6 Å². The van der Waals surface area contributed by atoms with Crippen molar-refractivity contribution in [2.24, 2.45) is 5.92 Å². The van der Waals surface area contributed by atoms with Gasteiger partial charge < -0.3 is 4.57 Å². The zero-order chi connectivity index (χ0) is 10.1. The standard InChI is InChI=1S/C10H17N3S/c1-3-9-11-12-10(14)13(9)7(2)6-8-4-5-8/h7-8H,3-6H2,1-2H3,(H,12,14). The summed E-state index contributed by atoms with van der Waals surface area (Å²) in [5, 5.41) is 7.11. The first kappa shape index (κ1) is 9.90. The molecule has 1 saturated carbocycles. The summed E-state index contributed by atoms with van der Waals surface area (Å²) in [5.41, 5.74) is 0. The number of H-pyrrole nitrogens is 1. The molecule has 1 aromatic rings. The Morgan fingerprint density at radius 1 is 1.64 bits per heavy atom. The molecule has 1 N–H and O–H groups in total. The molecule has 1 fully saturated rings. The van der Waals surface area contributed by atoms with Crippen LogP contribution in [-0.2, 0) is 6.42 Å². The number of nitrogens with one attached hydrogen (secondary N) is 1. The van der Waals surface area contributed by atoms with E-state index in [4.69, 9.17) is 12.2 Å². The Kier molecular flexibility index (Phi) is 2.72. The van der Waals surface area contributed by atoms with Crippen LogP contribution in [0.5, 0.6) is 0 Å². The predicted octanol–water partition coefficient (Wildman–Crippen LogP) is 2.86. The number of hydrogen-bond donors (Lipinski definition) is 1. The lowest BCUT2D eigenvalue weighted by atomic mass is 10.1.